The fraction of sp³-hybridized carbons (Fsp3) is 0.0476. The van der Waals surface area contributed by atoms with Gasteiger partial charge in [0.25, 0.3) is 5.56 Å². The van der Waals surface area contributed by atoms with Crippen molar-refractivity contribution in [3.63, 3.8) is 0 Å². The first-order chi connectivity index (χ1) is 13.6. The smallest absolute Gasteiger partial charge is 0.269 e. The third-order valence-corrected chi connectivity index (χ3v) is 5.79. The highest BCUT2D eigenvalue weighted by Crippen LogP contribution is 2.07. The van der Waals surface area contributed by atoms with Crippen LogP contribution in [0.4, 0.5) is 4.39 Å². The van der Waals surface area contributed by atoms with Crippen molar-refractivity contribution in [3.8, 4) is 0 Å². The Labute approximate surface area is 167 Å². The fourth-order valence-corrected chi connectivity index (χ4v) is 4.38. The maximum atomic E-state index is 13.6. The summed E-state index contributed by atoms with van der Waals surface area (Å²) in [6.45, 7) is 0.168. The van der Waals surface area contributed by atoms with Crippen molar-refractivity contribution in [3.05, 3.63) is 102 Å². The molecule has 1 aromatic carbocycles. The topological polar surface area (TPSA) is 52.2 Å². The lowest BCUT2D eigenvalue weighted by Gasteiger charge is -2.03. The number of thiazole rings is 1. The first-order valence-electron chi connectivity index (χ1n) is 8.38. The lowest BCUT2D eigenvalue weighted by molar-refractivity contribution is 0.103. The van der Waals surface area contributed by atoms with E-state index < -0.39 is 0 Å². The molecule has 0 radical (unpaired) electrons. The van der Waals surface area contributed by atoms with Crippen molar-refractivity contribution in [1.29, 1.82) is 0 Å². The molecule has 4 rings (SSSR count). The van der Waals surface area contributed by atoms with Crippen molar-refractivity contribution in [2.24, 2.45) is 0 Å². The summed E-state index contributed by atoms with van der Waals surface area (Å²) in [6.07, 6.45) is 4.60. The van der Waals surface area contributed by atoms with Crippen molar-refractivity contribution in [2.75, 3.05) is 0 Å². The Kier molecular flexibility index (Phi) is 5.18. The van der Waals surface area contributed by atoms with Crippen LogP contribution in [0.25, 0.3) is 12.2 Å². The number of thiophene rings is 1. The molecule has 0 N–H and O–H groups in total. The summed E-state index contributed by atoms with van der Waals surface area (Å²) in [6, 6.07) is 11.2. The monoisotopic (exact) mass is 411 g/mol. The average molecular weight is 411 g/mol. The van der Waals surface area contributed by atoms with Gasteiger partial charge in [0, 0.05) is 6.08 Å². The van der Waals surface area contributed by atoms with Gasteiger partial charge in [-0.05, 0) is 58.3 Å². The van der Waals surface area contributed by atoms with Crippen LogP contribution in [0.2, 0.25) is 0 Å². The third-order valence-electron chi connectivity index (χ3n) is 4.03. The van der Waals surface area contributed by atoms with Crippen molar-refractivity contribution >= 4 is 40.6 Å². The Balaban J connectivity index is 1.85. The molecular weight excluding hydrogens is 397 g/mol. The van der Waals surface area contributed by atoms with E-state index in [-0.39, 0.29) is 29.5 Å². The Morgan fingerprint density at radius 1 is 1.21 bits per heavy atom. The van der Waals surface area contributed by atoms with Gasteiger partial charge < -0.3 is 4.42 Å². The predicted octanol–water partition coefficient (Wildman–Crippen LogP) is 3.24. The number of benzene rings is 1. The molecule has 0 saturated carbocycles. The number of nitrogens with zero attached hydrogens (tertiary/aromatic N) is 1. The van der Waals surface area contributed by atoms with Crippen LogP contribution in [0.15, 0.2) is 68.7 Å². The molecule has 0 amide bonds. The van der Waals surface area contributed by atoms with Gasteiger partial charge in [-0.2, -0.15) is 11.3 Å². The zero-order chi connectivity index (χ0) is 19.5. The maximum absolute atomic E-state index is 13.6. The highest BCUT2D eigenvalue weighted by Gasteiger charge is 2.10. The number of hydrogen-bond acceptors (Lipinski definition) is 5. The zero-order valence-corrected chi connectivity index (χ0v) is 16.1. The Morgan fingerprint density at radius 3 is 2.82 bits per heavy atom. The molecule has 140 valence electrons. The lowest BCUT2D eigenvalue weighted by Crippen LogP contribution is -2.32. The molecule has 0 spiro atoms. The minimum absolute atomic E-state index is 0.168. The molecule has 0 saturated heterocycles. The van der Waals surface area contributed by atoms with Gasteiger partial charge in [-0.25, -0.2) is 4.39 Å². The van der Waals surface area contributed by atoms with E-state index in [1.807, 2.05) is 16.8 Å². The van der Waals surface area contributed by atoms with E-state index in [1.54, 1.807) is 30.3 Å². The molecule has 0 unspecified atom stereocenters. The summed E-state index contributed by atoms with van der Waals surface area (Å²) in [4.78, 5) is 25.4. The Bertz CT molecular complexity index is 1280. The minimum atomic E-state index is -0.372. The van der Waals surface area contributed by atoms with E-state index in [9.17, 15) is 14.0 Å². The quantitative estimate of drug-likeness (QED) is 0.474. The van der Waals surface area contributed by atoms with Crippen LogP contribution in [0.3, 0.4) is 0 Å². The van der Waals surface area contributed by atoms with Crippen LogP contribution in [0.5, 0.6) is 0 Å². The molecule has 4 aromatic rings. The summed E-state index contributed by atoms with van der Waals surface area (Å²) in [5, 5.41) is 3.87. The third kappa shape index (κ3) is 3.95. The fourth-order valence-electron chi connectivity index (χ4n) is 2.72. The van der Waals surface area contributed by atoms with E-state index in [2.05, 4.69) is 0 Å². The van der Waals surface area contributed by atoms with Crippen molar-refractivity contribution < 1.29 is 13.6 Å². The van der Waals surface area contributed by atoms with E-state index in [0.717, 1.165) is 5.56 Å². The first kappa shape index (κ1) is 18.3. The van der Waals surface area contributed by atoms with Crippen molar-refractivity contribution in [1.82, 2.24) is 4.57 Å². The van der Waals surface area contributed by atoms with Crippen LogP contribution in [-0.2, 0) is 6.54 Å². The summed E-state index contributed by atoms with van der Waals surface area (Å²) >= 11 is 2.76. The van der Waals surface area contributed by atoms with Gasteiger partial charge in [0.2, 0.25) is 5.78 Å². The van der Waals surface area contributed by atoms with Crippen LogP contribution in [0.1, 0.15) is 21.7 Å². The second-order valence-corrected chi connectivity index (χ2v) is 7.85. The Morgan fingerprint density at radius 2 is 2.11 bits per heavy atom. The average Bonchev–Trinajstić information content (AvgIpc) is 3.42. The second-order valence-electron chi connectivity index (χ2n) is 6.01. The van der Waals surface area contributed by atoms with E-state index in [0.29, 0.717) is 14.8 Å². The number of aromatic nitrogens is 1. The maximum Gasteiger partial charge on any atom is 0.269 e. The molecule has 0 aliphatic heterocycles. The van der Waals surface area contributed by atoms with Gasteiger partial charge in [0.15, 0.2) is 5.76 Å². The molecule has 7 heteroatoms. The number of ketones is 1. The number of Topliss-reactive ketones (excluding diaryl/α,β-unsaturated/α-hetero) is 1. The summed E-state index contributed by atoms with van der Waals surface area (Å²) in [5.41, 5.74) is 1.34. The molecule has 0 bridgehead atoms. The second kappa shape index (κ2) is 7.92. The van der Waals surface area contributed by atoms with Crippen LogP contribution in [0, 0.1) is 5.82 Å². The van der Waals surface area contributed by atoms with Gasteiger partial charge >= 0.3 is 0 Å². The zero-order valence-electron chi connectivity index (χ0n) is 14.5. The van der Waals surface area contributed by atoms with Gasteiger partial charge in [-0.3, -0.25) is 14.2 Å². The van der Waals surface area contributed by atoms with Gasteiger partial charge in [0.1, 0.15) is 10.5 Å². The van der Waals surface area contributed by atoms with Gasteiger partial charge in [-0.1, -0.05) is 12.1 Å². The van der Waals surface area contributed by atoms with Crippen molar-refractivity contribution in [2.45, 2.75) is 6.54 Å². The van der Waals surface area contributed by atoms with Gasteiger partial charge in [0.05, 0.1) is 17.3 Å². The van der Waals surface area contributed by atoms with Crippen LogP contribution >= 0.6 is 22.7 Å². The molecular formula is C21H14FNO3S2. The van der Waals surface area contributed by atoms with E-state index >= 15 is 0 Å². The molecule has 0 atom stereocenters. The number of hydrogen-bond donors (Lipinski definition) is 0. The largest absolute Gasteiger partial charge is 0.461 e. The lowest BCUT2D eigenvalue weighted by atomic mass is 10.2. The number of carbonyl (C=O) groups is 1. The Hall–Kier alpha value is -3.03. The molecule has 0 aliphatic rings. The minimum Gasteiger partial charge on any atom is -0.461 e. The standard InChI is InChI=1S/C21H14FNO3S2/c22-16-4-1-3-14(9-16)12-23-20(11-17(24)18-5-2-7-26-18)28-19(21(23)25)10-15-6-8-27-13-15/h1-11,13H,12H2/b19-10+,20-11-. The normalized spacial score (nSPS) is 12.6. The predicted molar refractivity (Wildman–Crippen MR) is 109 cm³/mol. The van der Waals surface area contributed by atoms with Crippen LogP contribution < -0.4 is 14.8 Å². The molecule has 3 heterocycles. The first-order valence-corrected chi connectivity index (χ1v) is 10.1. The summed E-state index contributed by atoms with van der Waals surface area (Å²) in [5.74, 6) is -0.508. The molecule has 0 fully saturated rings. The summed E-state index contributed by atoms with van der Waals surface area (Å²) < 4.78 is 21.2. The van der Waals surface area contributed by atoms with E-state index in [4.69, 9.17) is 4.42 Å². The molecule has 3 aromatic heterocycles. The highest BCUT2D eigenvalue weighted by molar-refractivity contribution is 7.08. The number of rotatable bonds is 5. The molecule has 0 aliphatic carbocycles. The van der Waals surface area contributed by atoms with Crippen LogP contribution in [-0.4, -0.2) is 10.4 Å². The number of furan rings is 1. The SMILES string of the molecule is O=C(/C=c1\s/c(=C/c2ccsc2)c(=O)n1Cc1cccc(F)c1)c1ccco1. The highest BCUT2D eigenvalue weighted by atomic mass is 32.1. The number of carbonyl (C=O) groups excluding carboxylic acids is 1. The molecule has 4 nitrogen and oxygen atoms in total. The number of halogens is 1. The van der Waals surface area contributed by atoms with Gasteiger partial charge in [-0.15, -0.1) is 11.3 Å². The summed E-state index contributed by atoms with van der Waals surface area (Å²) in [7, 11) is 0. The van der Waals surface area contributed by atoms with E-state index in [1.165, 1.54) is 51.7 Å². The molecule has 28 heavy (non-hydrogen) atoms.